The summed E-state index contributed by atoms with van der Waals surface area (Å²) in [5.74, 6) is 0.157. The Hall–Kier alpha value is -3.55. The Labute approximate surface area is 217 Å². The standard InChI is InChI=1S/C19H18F4N2O5S.C5H9NO/c1-18(2,19(21,22)23)30-17(26)24-13-5-8-16-15(11-13)25(9-10-29-16)31(27,28)14-6-3-12(20)4-7-14;1-6-5(7)4-2-3-4/h3-8,11H,9-10H2,1-2H3,(H,24,26);4H,2-3H2,1H3,(H,6,7). The Bertz CT molecular complexity index is 1280. The Morgan fingerprint density at radius 1 is 1.08 bits per heavy atom. The molecule has 4 rings (SSSR count). The first-order valence-electron chi connectivity index (χ1n) is 11.5. The molecule has 208 valence electrons. The van der Waals surface area contributed by atoms with Gasteiger partial charge in [0, 0.05) is 18.7 Å². The number of anilines is 2. The van der Waals surface area contributed by atoms with E-state index in [2.05, 4.69) is 15.4 Å². The van der Waals surface area contributed by atoms with Crippen LogP contribution in [0.25, 0.3) is 0 Å². The van der Waals surface area contributed by atoms with Gasteiger partial charge in [-0.1, -0.05) is 0 Å². The van der Waals surface area contributed by atoms with E-state index in [0.717, 1.165) is 41.4 Å². The highest BCUT2D eigenvalue weighted by molar-refractivity contribution is 7.92. The number of alkyl halides is 3. The molecule has 1 aliphatic heterocycles. The highest BCUT2D eigenvalue weighted by Gasteiger charge is 2.51. The number of carbonyl (C=O) groups excluding carboxylic acids is 2. The molecule has 2 aliphatic rings. The molecule has 2 amide bonds. The molecule has 38 heavy (non-hydrogen) atoms. The molecule has 1 heterocycles. The summed E-state index contributed by atoms with van der Waals surface area (Å²) in [6.07, 6.45) is -3.96. The van der Waals surface area contributed by atoms with Gasteiger partial charge < -0.3 is 14.8 Å². The molecule has 2 aromatic carbocycles. The van der Waals surface area contributed by atoms with Crippen LogP contribution in [-0.2, 0) is 19.6 Å². The quantitative estimate of drug-likeness (QED) is 0.522. The van der Waals surface area contributed by atoms with Gasteiger partial charge in [-0.2, -0.15) is 13.2 Å². The molecule has 0 unspecified atom stereocenters. The van der Waals surface area contributed by atoms with Crippen molar-refractivity contribution in [1.82, 2.24) is 5.32 Å². The van der Waals surface area contributed by atoms with Gasteiger partial charge in [-0.05, 0) is 69.2 Å². The largest absolute Gasteiger partial charge is 0.489 e. The van der Waals surface area contributed by atoms with Crippen molar-refractivity contribution in [1.29, 1.82) is 0 Å². The average Bonchev–Trinajstić information content (AvgIpc) is 3.68. The van der Waals surface area contributed by atoms with Crippen LogP contribution < -0.4 is 19.7 Å². The summed E-state index contributed by atoms with van der Waals surface area (Å²) in [6, 6.07) is 8.16. The van der Waals surface area contributed by atoms with Gasteiger partial charge in [0.15, 0.2) is 0 Å². The number of nitrogens with zero attached hydrogens (tertiary/aromatic N) is 1. The third-order valence-corrected chi connectivity index (χ3v) is 7.48. The van der Waals surface area contributed by atoms with Gasteiger partial charge in [-0.25, -0.2) is 17.6 Å². The second kappa shape index (κ2) is 11.1. The maximum Gasteiger partial charge on any atom is 0.427 e. The van der Waals surface area contributed by atoms with Crippen molar-refractivity contribution >= 4 is 33.4 Å². The number of sulfonamides is 1. The van der Waals surface area contributed by atoms with Crippen molar-refractivity contribution in [3.05, 3.63) is 48.3 Å². The monoisotopic (exact) mass is 561 g/mol. The van der Waals surface area contributed by atoms with Crippen LogP contribution in [0.4, 0.5) is 33.7 Å². The van der Waals surface area contributed by atoms with E-state index >= 15 is 0 Å². The molecular formula is C24H27F4N3O6S. The van der Waals surface area contributed by atoms with Crippen molar-refractivity contribution in [3.8, 4) is 5.75 Å². The Morgan fingerprint density at radius 3 is 2.24 bits per heavy atom. The summed E-state index contributed by atoms with van der Waals surface area (Å²) >= 11 is 0. The average molecular weight is 562 g/mol. The Morgan fingerprint density at radius 2 is 1.71 bits per heavy atom. The summed E-state index contributed by atoms with van der Waals surface area (Å²) in [5, 5.41) is 4.74. The number of hydrogen-bond donors (Lipinski definition) is 2. The zero-order chi connectivity index (χ0) is 28.3. The van der Waals surface area contributed by atoms with Crippen molar-refractivity contribution < 1.29 is 45.0 Å². The molecule has 14 heteroatoms. The summed E-state index contributed by atoms with van der Waals surface area (Å²) < 4.78 is 88.8. The van der Waals surface area contributed by atoms with E-state index in [-0.39, 0.29) is 41.1 Å². The first-order chi connectivity index (χ1) is 17.7. The summed E-state index contributed by atoms with van der Waals surface area (Å²) in [5.41, 5.74) is -2.68. The molecule has 1 aliphatic carbocycles. The first-order valence-corrected chi connectivity index (χ1v) is 12.9. The molecular weight excluding hydrogens is 534 g/mol. The minimum Gasteiger partial charge on any atom is -0.489 e. The number of benzene rings is 2. The molecule has 9 nitrogen and oxygen atoms in total. The van der Waals surface area contributed by atoms with Gasteiger partial charge in [-0.15, -0.1) is 0 Å². The zero-order valence-corrected chi connectivity index (χ0v) is 21.6. The van der Waals surface area contributed by atoms with E-state index < -0.39 is 33.7 Å². The van der Waals surface area contributed by atoms with Crippen LogP contribution in [0.15, 0.2) is 47.4 Å². The minimum atomic E-state index is -4.78. The van der Waals surface area contributed by atoms with Crippen LogP contribution >= 0.6 is 0 Å². The van der Waals surface area contributed by atoms with Crippen molar-refractivity contribution in [2.75, 3.05) is 29.8 Å². The first kappa shape index (κ1) is 29.0. The Balaban J connectivity index is 0.000000494. The lowest BCUT2D eigenvalue weighted by Gasteiger charge is -2.31. The lowest BCUT2D eigenvalue weighted by atomic mass is 10.1. The third kappa shape index (κ3) is 6.85. The van der Waals surface area contributed by atoms with E-state index in [0.29, 0.717) is 19.8 Å². The third-order valence-electron chi connectivity index (χ3n) is 5.65. The molecule has 0 aromatic heterocycles. The molecule has 0 bridgehead atoms. The molecule has 0 atom stereocenters. The molecule has 0 spiro atoms. The zero-order valence-electron chi connectivity index (χ0n) is 20.8. The van der Waals surface area contributed by atoms with Gasteiger partial charge in [0.2, 0.25) is 11.5 Å². The molecule has 1 fully saturated rings. The van der Waals surface area contributed by atoms with E-state index in [9.17, 15) is 35.6 Å². The van der Waals surface area contributed by atoms with E-state index in [4.69, 9.17) is 4.74 Å². The van der Waals surface area contributed by atoms with Gasteiger partial charge >= 0.3 is 12.3 Å². The van der Waals surface area contributed by atoms with Crippen LogP contribution in [0, 0.1) is 11.7 Å². The lowest BCUT2D eigenvalue weighted by molar-refractivity contribution is -0.242. The highest BCUT2D eigenvalue weighted by Crippen LogP contribution is 2.38. The van der Waals surface area contributed by atoms with Gasteiger partial charge in [0.1, 0.15) is 18.2 Å². The second-order valence-corrected chi connectivity index (χ2v) is 10.8. The molecule has 0 radical (unpaired) electrons. The highest BCUT2D eigenvalue weighted by atomic mass is 32.2. The van der Waals surface area contributed by atoms with Crippen LogP contribution in [0.1, 0.15) is 26.7 Å². The number of fused-ring (bicyclic) bond motifs is 1. The maximum absolute atomic E-state index is 13.2. The topological polar surface area (TPSA) is 114 Å². The molecule has 1 saturated carbocycles. The number of hydrogen-bond acceptors (Lipinski definition) is 6. The maximum atomic E-state index is 13.2. The summed E-state index contributed by atoms with van der Waals surface area (Å²) in [7, 11) is -2.41. The van der Waals surface area contributed by atoms with Crippen molar-refractivity contribution in [2.45, 2.75) is 43.4 Å². The fourth-order valence-corrected chi connectivity index (χ4v) is 4.69. The van der Waals surface area contributed by atoms with Crippen molar-refractivity contribution in [2.24, 2.45) is 5.92 Å². The number of carbonyl (C=O) groups is 2. The molecule has 2 N–H and O–H groups in total. The molecule has 2 aromatic rings. The molecule has 0 saturated heterocycles. The fraction of sp³-hybridized carbons (Fsp3) is 0.417. The number of amides is 2. The second-order valence-electron chi connectivity index (χ2n) is 8.97. The van der Waals surface area contributed by atoms with Gasteiger partial charge in [-0.3, -0.25) is 14.4 Å². The number of ether oxygens (including phenoxy) is 2. The summed E-state index contributed by atoms with van der Waals surface area (Å²) in [4.78, 5) is 22.2. The van der Waals surface area contributed by atoms with Crippen LogP contribution in [0.5, 0.6) is 5.75 Å². The van der Waals surface area contributed by atoms with E-state index in [1.807, 2.05) is 0 Å². The number of rotatable bonds is 5. The number of halogens is 4. The minimum absolute atomic E-state index is 0.00784. The SMILES string of the molecule is CC(C)(OC(=O)Nc1ccc2c(c1)N(S(=O)(=O)c1ccc(F)cc1)CCO2)C(F)(F)F.CNC(=O)C1CC1. The number of nitrogens with one attached hydrogen (secondary N) is 2. The van der Waals surface area contributed by atoms with Crippen LogP contribution in [-0.4, -0.2) is 52.4 Å². The fourth-order valence-electron chi connectivity index (χ4n) is 3.24. The van der Waals surface area contributed by atoms with Gasteiger partial charge in [0.05, 0.1) is 17.1 Å². The predicted octanol–water partition coefficient (Wildman–Crippen LogP) is 4.45. The van der Waals surface area contributed by atoms with E-state index in [1.54, 1.807) is 7.05 Å². The Kier molecular flexibility index (Phi) is 8.44. The normalized spacial score (nSPS) is 15.3. The van der Waals surface area contributed by atoms with Crippen LogP contribution in [0.3, 0.4) is 0 Å². The van der Waals surface area contributed by atoms with Crippen LogP contribution in [0.2, 0.25) is 0 Å². The van der Waals surface area contributed by atoms with Gasteiger partial charge in [0.25, 0.3) is 10.0 Å². The van der Waals surface area contributed by atoms with Crippen molar-refractivity contribution in [3.63, 3.8) is 0 Å². The van der Waals surface area contributed by atoms with E-state index in [1.165, 1.54) is 18.2 Å². The predicted molar refractivity (Wildman–Crippen MR) is 130 cm³/mol. The lowest BCUT2D eigenvalue weighted by Crippen LogP contribution is -2.44. The summed E-state index contributed by atoms with van der Waals surface area (Å²) in [6.45, 7) is 1.37. The smallest absolute Gasteiger partial charge is 0.427 e.